The molecule has 19 heavy (non-hydrogen) atoms. The summed E-state index contributed by atoms with van der Waals surface area (Å²) < 4.78 is 10.0. The maximum absolute atomic E-state index is 11.9. The quantitative estimate of drug-likeness (QED) is 0.734. The molecule has 1 rings (SSSR count). The first-order chi connectivity index (χ1) is 8.91. The van der Waals surface area contributed by atoms with Crippen LogP contribution in [-0.2, 0) is 19.1 Å². The molecule has 4 heteroatoms. The van der Waals surface area contributed by atoms with Gasteiger partial charge in [0.1, 0.15) is 0 Å². The van der Waals surface area contributed by atoms with Gasteiger partial charge in [-0.2, -0.15) is 0 Å². The average molecular weight is 266 g/mol. The van der Waals surface area contributed by atoms with E-state index in [1.807, 2.05) is 0 Å². The van der Waals surface area contributed by atoms with Crippen LogP contribution in [0.25, 0.3) is 0 Å². The minimum absolute atomic E-state index is 0.0198. The maximum atomic E-state index is 11.9. The van der Waals surface area contributed by atoms with E-state index >= 15 is 0 Å². The number of rotatable bonds is 4. The molecule has 0 radical (unpaired) electrons. The van der Waals surface area contributed by atoms with E-state index in [0.717, 1.165) is 12.8 Å². The highest BCUT2D eigenvalue weighted by molar-refractivity contribution is 6.07. The van der Waals surface area contributed by atoms with Gasteiger partial charge in [0.15, 0.2) is 0 Å². The van der Waals surface area contributed by atoms with Crippen molar-refractivity contribution >= 4 is 11.9 Å². The molecule has 0 N–H and O–H groups in total. The van der Waals surface area contributed by atoms with Gasteiger partial charge in [-0.25, -0.2) is 9.59 Å². The Bertz CT molecular complexity index is 378. The van der Waals surface area contributed by atoms with Gasteiger partial charge >= 0.3 is 11.9 Å². The van der Waals surface area contributed by atoms with Crippen LogP contribution in [0.15, 0.2) is 23.3 Å². The third kappa shape index (κ3) is 4.23. The lowest BCUT2D eigenvalue weighted by Gasteiger charge is -2.19. The van der Waals surface area contributed by atoms with Crippen LogP contribution >= 0.6 is 0 Å². The lowest BCUT2D eigenvalue weighted by molar-refractivity contribution is -0.142. The molecule has 0 spiro atoms. The van der Waals surface area contributed by atoms with Gasteiger partial charge in [0.25, 0.3) is 0 Å². The molecule has 0 aromatic rings. The smallest absolute Gasteiger partial charge is 0.338 e. The second kappa shape index (κ2) is 6.55. The van der Waals surface area contributed by atoms with Crippen molar-refractivity contribution < 1.29 is 19.1 Å². The molecule has 0 saturated carbocycles. The Kier molecular flexibility index (Phi) is 5.33. The van der Waals surface area contributed by atoms with Crippen molar-refractivity contribution in [2.45, 2.75) is 40.5 Å². The first-order valence-corrected chi connectivity index (χ1v) is 6.66. The Labute approximate surface area is 114 Å². The zero-order chi connectivity index (χ0) is 14.5. The molecule has 0 saturated heterocycles. The number of carbonyl (C=O) groups excluding carboxylic acids is 2. The molecule has 0 aromatic heterocycles. The van der Waals surface area contributed by atoms with Crippen LogP contribution in [-0.4, -0.2) is 25.2 Å². The van der Waals surface area contributed by atoms with Crippen molar-refractivity contribution in [3.8, 4) is 0 Å². The molecule has 0 aliphatic heterocycles. The van der Waals surface area contributed by atoms with Crippen molar-refractivity contribution in [3.63, 3.8) is 0 Å². The number of hydrogen-bond donors (Lipinski definition) is 0. The largest absolute Gasteiger partial charge is 0.462 e. The van der Waals surface area contributed by atoms with Gasteiger partial charge in [-0.05, 0) is 32.1 Å². The number of hydrogen-bond acceptors (Lipinski definition) is 4. The standard InChI is InChI=1S/C15H22O4/c1-5-18-13(16)11-7-9-15(3,4)10-8-12(11)14(17)19-6-2/h7-8H,5-6,9-10H2,1-4H3. The fourth-order valence-corrected chi connectivity index (χ4v) is 1.86. The summed E-state index contributed by atoms with van der Waals surface area (Å²) in [7, 11) is 0. The third-order valence-electron chi connectivity index (χ3n) is 3.00. The van der Waals surface area contributed by atoms with Crippen LogP contribution in [0.4, 0.5) is 0 Å². The van der Waals surface area contributed by atoms with Crippen molar-refractivity contribution in [1.82, 2.24) is 0 Å². The van der Waals surface area contributed by atoms with Crippen LogP contribution in [0.5, 0.6) is 0 Å². The molecule has 0 amide bonds. The summed E-state index contributed by atoms with van der Waals surface area (Å²) in [6.45, 7) is 8.25. The maximum Gasteiger partial charge on any atom is 0.338 e. The predicted molar refractivity (Wildman–Crippen MR) is 72.4 cm³/mol. The zero-order valence-corrected chi connectivity index (χ0v) is 12.1. The number of esters is 2. The molecule has 0 unspecified atom stereocenters. The fourth-order valence-electron chi connectivity index (χ4n) is 1.86. The zero-order valence-electron chi connectivity index (χ0n) is 12.1. The van der Waals surface area contributed by atoms with Crippen molar-refractivity contribution in [3.05, 3.63) is 23.3 Å². The average Bonchev–Trinajstić information content (AvgIpc) is 2.48. The Morgan fingerprint density at radius 3 is 1.68 bits per heavy atom. The van der Waals surface area contributed by atoms with E-state index in [0.29, 0.717) is 11.1 Å². The molecule has 0 heterocycles. The normalized spacial score (nSPS) is 17.9. The van der Waals surface area contributed by atoms with E-state index in [9.17, 15) is 9.59 Å². The van der Waals surface area contributed by atoms with Crippen LogP contribution in [0.1, 0.15) is 40.5 Å². The van der Waals surface area contributed by atoms with Crippen molar-refractivity contribution in [2.24, 2.45) is 5.41 Å². The summed E-state index contributed by atoms with van der Waals surface area (Å²) in [4.78, 5) is 23.9. The summed E-state index contributed by atoms with van der Waals surface area (Å²) in [5.41, 5.74) is 0.670. The Balaban J connectivity index is 3.08. The van der Waals surface area contributed by atoms with Gasteiger partial charge in [0.05, 0.1) is 24.4 Å². The predicted octanol–water partition coefficient (Wildman–Crippen LogP) is 2.79. The second-order valence-electron chi connectivity index (χ2n) is 5.25. The van der Waals surface area contributed by atoms with E-state index in [2.05, 4.69) is 13.8 Å². The molecule has 4 nitrogen and oxygen atoms in total. The highest BCUT2D eigenvalue weighted by atomic mass is 16.5. The number of allylic oxidation sites excluding steroid dienone is 2. The molecule has 1 aliphatic carbocycles. The van der Waals surface area contributed by atoms with E-state index < -0.39 is 11.9 Å². The first kappa shape index (κ1) is 15.5. The van der Waals surface area contributed by atoms with Crippen LogP contribution in [0.2, 0.25) is 0 Å². The lowest BCUT2D eigenvalue weighted by atomic mass is 9.86. The van der Waals surface area contributed by atoms with Crippen molar-refractivity contribution in [2.75, 3.05) is 13.2 Å². The Hall–Kier alpha value is -1.58. The van der Waals surface area contributed by atoms with E-state index in [-0.39, 0.29) is 18.6 Å². The molecular formula is C15H22O4. The van der Waals surface area contributed by atoms with E-state index in [4.69, 9.17) is 9.47 Å². The van der Waals surface area contributed by atoms with Gasteiger partial charge in [0.2, 0.25) is 0 Å². The SMILES string of the molecule is CCOC(=O)C1=CCC(C)(C)CC=C1C(=O)OCC. The van der Waals surface area contributed by atoms with Crippen LogP contribution in [0.3, 0.4) is 0 Å². The molecule has 0 atom stereocenters. The molecular weight excluding hydrogens is 244 g/mol. The molecule has 0 bridgehead atoms. The summed E-state index contributed by atoms with van der Waals surface area (Å²) >= 11 is 0. The first-order valence-electron chi connectivity index (χ1n) is 6.66. The summed E-state index contributed by atoms with van der Waals surface area (Å²) in [6, 6.07) is 0. The summed E-state index contributed by atoms with van der Waals surface area (Å²) in [5.74, 6) is -0.918. The van der Waals surface area contributed by atoms with E-state index in [1.165, 1.54) is 0 Å². The number of carbonyl (C=O) groups is 2. The Morgan fingerprint density at radius 1 is 1.00 bits per heavy atom. The van der Waals surface area contributed by atoms with Gasteiger partial charge in [-0.15, -0.1) is 0 Å². The van der Waals surface area contributed by atoms with Gasteiger partial charge in [0, 0.05) is 0 Å². The molecule has 1 aliphatic rings. The Morgan fingerprint density at radius 2 is 1.37 bits per heavy atom. The van der Waals surface area contributed by atoms with Gasteiger partial charge in [-0.1, -0.05) is 26.0 Å². The third-order valence-corrected chi connectivity index (χ3v) is 3.00. The topological polar surface area (TPSA) is 52.6 Å². The minimum Gasteiger partial charge on any atom is -0.462 e. The fraction of sp³-hybridized carbons (Fsp3) is 0.600. The molecule has 0 fully saturated rings. The molecule has 0 aromatic carbocycles. The van der Waals surface area contributed by atoms with Gasteiger partial charge in [-0.3, -0.25) is 0 Å². The monoisotopic (exact) mass is 266 g/mol. The summed E-state index contributed by atoms with van der Waals surface area (Å²) in [6.07, 6.45) is 5.02. The van der Waals surface area contributed by atoms with Crippen LogP contribution < -0.4 is 0 Å². The highest BCUT2D eigenvalue weighted by Gasteiger charge is 2.28. The van der Waals surface area contributed by atoms with E-state index in [1.54, 1.807) is 26.0 Å². The highest BCUT2D eigenvalue weighted by Crippen LogP contribution is 2.32. The van der Waals surface area contributed by atoms with Gasteiger partial charge < -0.3 is 9.47 Å². The lowest BCUT2D eigenvalue weighted by Crippen LogP contribution is -2.16. The molecule has 106 valence electrons. The summed E-state index contributed by atoms with van der Waals surface area (Å²) in [5, 5.41) is 0. The van der Waals surface area contributed by atoms with Crippen LogP contribution in [0, 0.1) is 5.41 Å². The second-order valence-corrected chi connectivity index (χ2v) is 5.25. The van der Waals surface area contributed by atoms with Crippen molar-refractivity contribution in [1.29, 1.82) is 0 Å². The number of ether oxygens (including phenoxy) is 2. The minimum atomic E-state index is -0.459.